The van der Waals surface area contributed by atoms with E-state index in [1.54, 1.807) is 54.6 Å². The summed E-state index contributed by atoms with van der Waals surface area (Å²) < 4.78 is 4.97. The van der Waals surface area contributed by atoms with Gasteiger partial charge in [0.1, 0.15) is 12.6 Å². The molecule has 1 atom stereocenters. The molecule has 1 amide bonds. The minimum atomic E-state index is -1.35. The van der Waals surface area contributed by atoms with Crippen LogP contribution in [0.25, 0.3) is 0 Å². The SMILES string of the molecule is O=C(N[C@@H](CC(=O)c1ccccc1)C(=O)O)OCc1ccccc1. The molecule has 0 unspecified atom stereocenters. The summed E-state index contributed by atoms with van der Waals surface area (Å²) in [7, 11) is 0. The molecule has 2 N–H and O–H groups in total. The number of amides is 1. The molecule has 2 aromatic carbocycles. The molecule has 2 rings (SSSR count). The summed E-state index contributed by atoms with van der Waals surface area (Å²) in [4.78, 5) is 35.1. The number of aliphatic carboxylic acids is 1. The van der Waals surface area contributed by atoms with E-state index in [0.717, 1.165) is 5.56 Å². The van der Waals surface area contributed by atoms with E-state index in [-0.39, 0.29) is 18.8 Å². The molecule has 0 bridgehead atoms. The van der Waals surface area contributed by atoms with Gasteiger partial charge in [0.05, 0.1) is 0 Å². The molecule has 0 spiro atoms. The summed E-state index contributed by atoms with van der Waals surface area (Å²) in [6, 6.07) is 16.0. The van der Waals surface area contributed by atoms with Crippen molar-refractivity contribution in [3.05, 3.63) is 71.8 Å². The Morgan fingerprint density at radius 2 is 1.54 bits per heavy atom. The Labute approximate surface area is 139 Å². The number of carbonyl (C=O) groups excluding carboxylic acids is 2. The Morgan fingerprint density at radius 1 is 0.958 bits per heavy atom. The Balaban J connectivity index is 1.89. The highest BCUT2D eigenvalue weighted by molar-refractivity contribution is 5.99. The van der Waals surface area contributed by atoms with Crippen molar-refractivity contribution in [3.63, 3.8) is 0 Å². The number of carboxylic acids is 1. The standard InChI is InChI=1S/C18H17NO5/c20-16(14-9-5-2-6-10-14)11-15(17(21)22)19-18(23)24-12-13-7-3-1-4-8-13/h1-10,15H,11-12H2,(H,19,23)(H,21,22)/t15-/m0/s1. The second kappa shape index (κ2) is 8.47. The fourth-order valence-corrected chi connectivity index (χ4v) is 2.03. The number of rotatable bonds is 7. The highest BCUT2D eigenvalue weighted by Crippen LogP contribution is 2.07. The number of hydrogen-bond donors (Lipinski definition) is 2. The zero-order valence-corrected chi connectivity index (χ0v) is 12.8. The van der Waals surface area contributed by atoms with E-state index in [1.165, 1.54) is 0 Å². The summed E-state index contributed by atoms with van der Waals surface area (Å²) in [6.07, 6.45) is -1.23. The van der Waals surface area contributed by atoms with Crippen LogP contribution >= 0.6 is 0 Å². The van der Waals surface area contributed by atoms with E-state index in [1.807, 2.05) is 6.07 Å². The van der Waals surface area contributed by atoms with Crippen LogP contribution in [0, 0.1) is 0 Å². The van der Waals surface area contributed by atoms with E-state index in [2.05, 4.69) is 5.32 Å². The summed E-state index contributed by atoms with van der Waals surface area (Å²) in [5, 5.41) is 11.4. The number of nitrogens with one attached hydrogen (secondary N) is 1. The van der Waals surface area contributed by atoms with Gasteiger partial charge in [0.15, 0.2) is 5.78 Å². The van der Waals surface area contributed by atoms with Gasteiger partial charge in [-0.2, -0.15) is 0 Å². The van der Waals surface area contributed by atoms with Gasteiger partial charge in [-0.1, -0.05) is 60.7 Å². The Hall–Kier alpha value is -3.15. The van der Waals surface area contributed by atoms with Crippen LogP contribution in [-0.2, 0) is 16.1 Å². The third-order valence-corrected chi connectivity index (χ3v) is 3.29. The molecular formula is C18H17NO5. The van der Waals surface area contributed by atoms with Gasteiger partial charge in [-0.3, -0.25) is 4.79 Å². The molecule has 2 aromatic rings. The maximum Gasteiger partial charge on any atom is 0.408 e. The average Bonchev–Trinajstić information content (AvgIpc) is 2.61. The van der Waals surface area contributed by atoms with Crippen LogP contribution in [0.15, 0.2) is 60.7 Å². The molecule has 0 aliphatic rings. The van der Waals surface area contributed by atoms with E-state index >= 15 is 0 Å². The molecule has 0 heterocycles. The predicted molar refractivity (Wildman–Crippen MR) is 86.6 cm³/mol. The second-order valence-electron chi connectivity index (χ2n) is 5.09. The van der Waals surface area contributed by atoms with Gasteiger partial charge in [0, 0.05) is 12.0 Å². The van der Waals surface area contributed by atoms with Crippen molar-refractivity contribution < 1.29 is 24.2 Å². The first kappa shape index (κ1) is 17.2. The van der Waals surface area contributed by atoms with Gasteiger partial charge in [-0.15, -0.1) is 0 Å². The Bertz CT molecular complexity index is 700. The first-order chi connectivity index (χ1) is 11.6. The van der Waals surface area contributed by atoms with E-state index in [9.17, 15) is 19.5 Å². The van der Waals surface area contributed by atoms with Crippen molar-refractivity contribution >= 4 is 17.8 Å². The number of Topliss-reactive ketones (excluding diaryl/α,β-unsaturated/α-hetero) is 1. The maximum absolute atomic E-state index is 12.1. The molecule has 6 nitrogen and oxygen atoms in total. The highest BCUT2D eigenvalue weighted by atomic mass is 16.5. The lowest BCUT2D eigenvalue weighted by atomic mass is 10.0. The minimum absolute atomic E-state index is 0.0195. The molecule has 0 saturated carbocycles. The first-order valence-electron chi connectivity index (χ1n) is 7.34. The molecule has 0 aliphatic carbocycles. The maximum atomic E-state index is 12.1. The third kappa shape index (κ3) is 5.24. The van der Waals surface area contributed by atoms with Crippen LogP contribution in [-0.4, -0.2) is 29.0 Å². The van der Waals surface area contributed by atoms with Crippen molar-refractivity contribution in [2.45, 2.75) is 19.1 Å². The molecular weight excluding hydrogens is 310 g/mol. The summed E-state index contributed by atoms with van der Waals surface area (Å²) in [5.74, 6) is -1.66. The van der Waals surface area contributed by atoms with Crippen molar-refractivity contribution in [2.75, 3.05) is 0 Å². The smallest absolute Gasteiger partial charge is 0.408 e. The molecule has 124 valence electrons. The van der Waals surface area contributed by atoms with E-state index in [0.29, 0.717) is 5.56 Å². The molecule has 0 aliphatic heterocycles. The van der Waals surface area contributed by atoms with Gasteiger partial charge >= 0.3 is 12.1 Å². The number of carbonyl (C=O) groups is 3. The minimum Gasteiger partial charge on any atom is -0.480 e. The largest absolute Gasteiger partial charge is 0.480 e. The monoisotopic (exact) mass is 327 g/mol. The van der Waals surface area contributed by atoms with Crippen molar-refractivity contribution in [3.8, 4) is 0 Å². The molecule has 0 radical (unpaired) electrons. The number of ether oxygens (including phenoxy) is 1. The average molecular weight is 327 g/mol. The third-order valence-electron chi connectivity index (χ3n) is 3.29. The molecule has 0 aromatic heterocycles. The van der Waals surface area contributed by atoms with Gasteiger partial charge in [0.2, 0.25) is 0 Å². The summed E-state index contributed by atoms with van der Waals surface area (Å²) in [5.41, 5.74) is 1.17. The number of hydrogen-bond acceptors (Lipinski definition) is 4. The molecule has 24 heavy (non-hydrogen) atoms. The number of benzene rings is 2. The topological polar surface area (TPSA) is 92.7 Å². The van der Waals surface area contributed by atoms with Crippen LogP contribution in [0.3, 0.4) is 0 Å². The quantitative estimate of drug-likeness (QED) is 0.763. The molecule has 0 fully saturated rings. The van der Waals surface area contributed by atoms with Crippen LogP contribution in [0.2, 0.25) is 0 Å². The lowest BCUT2D eigenvalue weighted by molar-refractivity contribution is -0.139. The Kier molecular flexibility index (Phi) is 6.08. The van der Waals surface area contributed by atoms with Crippen LogP contribution in [0.1, 0.15) is 22.3 Å². The van der Waals surface area contributed by atoms with Gasteiger partial charge in [-0.25, -0.2) is 9.59 Å². The zero-order chi connectivity index (χ0) is 17.4. The van der Waals surface area contributed by atoms with Crippen LogP contribution < -0.4 is 5.32 Å². The fraction of sp³-hybridized carbons (Fsp3) is 0.167. The lowest BCUT2D eigenvalue weighted by Gasteiger charge is -2.14. The zero-order valence-electron chi connectivity index (χ0n) is 12.8. The molecule has 0 saturated heterocycles. The normalized spacial score (nSPS) is 11.3. The van der Waals surface area contributed by atoms with Crippen LogP contribution in [0.4, 0.5) is 4.79 Å². The predicted octanol–water partition coefficient (Wildman–Crippen LogP) is 2.64. The number of carboxylic acid groups (broad SMARTS) is 1. The van der Waals surface area contributed by atoms with E-state index in [4.69, 9.17) is 4.74 Å². The van der Waals surface area contributed by atoms with Gasteiger partial charge in [0.25, 0.3) is 0 Å². The highest BCUT2D eigenvalue weighted by Gasteiger charge is 2.24. The van der Waals surface area contributed by atoms with Gasteiger partial charge in [-0.05, 0) is 5.56 Å². The lowest BCUT2D eigenvalue weighted by Crippen LogP contribution is -2.42. The van der Waals surface area contributed by atoms with E-state index < -0.39 is 18.1 Å². The van der Waals surface area contributed by atoms with Crippen molar-refractivity contribution in [1.29, 1.82) is 0 Å². The van der Waals surface area contributed by atoms with Crippen LogP contribution in [0.5, 0.6) is 0 Å². The van der Waals surface area contributed by atoms with Crippen molar-refractivity contribution in [2.24, 2.45) is 0 Å². The number of alkyl carbamates (subject to hydrolysis) is 1. The first-order valence-corrected chi connectivity index (χ1v) is 7.34. The second-order valence-corrected chi connectivity index (χ2v) is 5.09. The van der Waals surface area contributed by atoms with Crippen molar-refractivity contribution in [1.82, 2.24) is 5.32 Å². The summed E-state index contributed by atoms with van der Waals surface area (Å²) >= 11 is 0. The molecule has 6 heteroatoms. The van der Waals surface area contributed by atoms with Gasteiger partial charge < -0.3 is 15.2 Å². The Morgan fingerprint density at radius 3 is 2.12 bits per heavy atom. The number of ketones is 1. The summed E-state index contributed by atoms with van der Waals surface area (Å²) in [6.45, 7) is 0.0195. The fourth-order valence-electron chi connectivity index (χ4n) is 2.03.